The van der Waals surface area contributed by atoms with E-state index >= 15 is 0 Å². The summed E-state index contributed by atoms with van der Waals surface area (Å²) in [5.41, 5.74) is -0.421. The normalized spacial score (nSPS) is 16.0. The Morgan fingerprint density at radius 1 is 1.33 bits per heavy atom. The third-order valence-corrected chi connectivity index (χ3v) is 5.18. The Bertz CT molecular complexity index is 840. The molecule has 3 rings (SSSR count). The van der Waals surface area contributed by atoms with Crippen molar-refractivity contribution >= 4 is 38.8 Å². The lowest BCUT2D eigenvalue weighted by molar-refractivity contribution is -0.113. The second kappa shape index (κ2) is 4.86. The van der Waals surface area contributed by atoms with Gasteiger partial charge in [0.2, 0.25) is 0 Å². The molecule has 1 amide bonds. The molecule has 1 aliphatic rings. The van der Waals surface area contributed by atoms with E-state index in [9.17, 15) is 18.3 Å². The SMILES string of the molecule is O=C(Nc1ccccn1)C1=C(O)c2sccc2S(=O)(=O)N1. The monoisotopic (exact) mass is 323 g/mol. The van der Waals surface area contributed by atoms with E-state index in [0.29, 0.717) is 0 Å². The summed E-state index contributed by atoms with van der Waals surface area (Å²) < 4.78 is 26.1. The number of aliphatic hydroxyl groups excluding tert-OH is 1. The van der Waals surface area contributed by atoms with Crippen LogP contribution in [0.15, 0.2) is 46.4 Å². The van der Waals surface area contributed by atoms with Gasteiger partial charge < -0.3 is 10.4 Å². The Balaban J connectivity index is 1.99. The van der Waals surface area contributed by atoms with E-state index in [4.69, 9.17) is 0 Å². The summed E-state index contributed by atoms with van der Waals surface area (Å²) in [6.45, 7) is 0. The number of hydrogen-bond donors (Lipinski definition) is 3. The number of anilines is 1. The number of hydrogen-bond acceptors (Lipinski definition) is 6. The quantitative estimate of drug-likeness (QED) is 0.772. The first-order valence-corrected chi connectivity index (χ1v) is 8.11. The Labute approximate surface area is 124 Å². The van der Waals surface area contributed by atoms with Gasteiger partial charge in [-0.05, 0) is 23.6 Å². The van der Waals surface area contributed by atoms with Crippen LogP contribution < -0.4 is 10.0 Å². The number of sulfonamides is 1. The Morgan fingerprint density at radius 2 is 2.14 bits per heavy atom. The van der Waals surface area contributed by atoms with Crippen molar-refractivity contribution in [2.45, 2.75) is 4.90 Å². The molecule has 0 unspecified atom stereocenters. The topological polar surface area (TPSA) is 108 Å². The third kappa shape index (κ3) is 2.36. The number of nitrogens with zero attached hydrogens (tertiary/aromatic N) is 1. The summed E-state index contributed by atoms with van der Waals surface area (Å²) in [5.74, 6) is -0.934. The summed E-state index contributed by atoms with van der Waals surface area (Å²) in [7, 11) is -3.86. The minimum absolute atomic E-state index is 0.0422. The first kappa shape index (κ1) is 13.6. The van der Waals surface area contributed by atoms with E-state index in [1.54, 1.807) is 18.2 Å². The minimum atomic E-state index is -3.86. The molecular formula is C12H9N3O4S2. The number of nitrogens with one attached hydrogen (secondary N) is 2. The molecule has 9 heteroatoms. The molecule has 0 bridgehead atoms. The molecule has 0 atom stereocenters. The van der Waals surface area contributed by atoms with Gasteiger partial charge in [-0.1, -0.05) is 6.07 Å². The van der Waals surface area contributed by atoms with Crippen molar-refractivity contribution in [2.75, 3.05) is 5.32 Å². The van der Waals surface area contributed by atoms with Crippen LogP contribution in [0.25, 0.3) is 5.76 Å². The third-order valence-electron chi connectivity index (χ3n) is 2.74. The lowest BCUT2D eigenvalue weighted by Gasteiger charge is -2.18. The van der Waals surface area contributed by atoms with Crippen LogP contribution in [0.4, 0.5) is 5.82 Å². The first-order valence-electron chi connectivity index (χ1n) is 5.75. The van der Waals surface area contributed by atoms with Gasteiger partial charge in [0.05, 0.1) is 4.88 Å². The summed E-state index contributed by atoms with van der Waals surface area (Å²) in [4.78, 5) is 16.1. The van der Waals surface area contributed by atoms with E-state index in [0.717, 1.165) is 11.3 Å². The van der Waals surface area contributed by atoms with Crippen molar-refractivity contribution in [3.8, 4) is 0 Å². The van der Waals surface area contributed by atoms with E-state index in [1.165, 1.54) is 17.6 Å². The molecule has 1 aliphatic heterocycles. The van der Waals surface area contributed by atoms with Crippen LogP contribution in [-0.4, -0.2) is 24.4 Å². The molecule has 3 heterocycles. The van der Waals surface area contributed by atoms with Crippen molar-refractivity contribution in [1.82, 2.24) is 9.71 Å². The van der Waals surface area contributed by atoms with Gasteiger partial charge in [0, 0.05) is 6.20 Å². The molecular weight excluding hydrogens is 314 g/mol. The fourth-order valence-electron chi connectivity index (χ4n) is 1.80. The van der Waals surface area contributed by atoms with Gasteiger partial charge >= 0.3 is 0 Å². The zero-order valence-corrected chi connectivity index (χ0v) is 12.0. The molecule has 108 valence electrons. The highest BCUT2D eigenvalue weighted by Crippen LogP contribution is 2.33. The molecule has 0 fully saturated rings. The second-order valence-electron chi connectivity index (χ2n) is 4.11. The molecule has 0 saturated carbocycles. The van der Waals surface area contributed by atoms with Crippen LogP contribution in [0, 0.1) is 0 Å². The summed E-state index contributed by atoms with van der Waals surface area (Å²) in [5, 5.41) is 14.0. The molecule has 21 heavy (non-hydrogen) atoms. The molecule has 7 nitrogen and oxygen atoms in total. The number of carbonyl (C=O) groups is 1. The molecule has 0 aromatic carbocycles. The highest BCUT2D eigenvalue weighted by atomic mass is 32.2. The van der Waals surface area contributed by atoms with E-state index < -0.39 is 27.4 Å². The van der Waals surface area contributed by atoms with Gasteiger partial charge in [-0.15, -0.1) is 11.3 Å². The molecule has 0 aliphatic carbocycles. The predicted octanol–water partition coefficient (Wildman–Crippen LogP) is 1.30. The number of pyridine rings is 1. The van der Waals surface area contributed by atoms with Crippen molar-refractivity contribution in [2.24, 2.45) is 0 Å². The van der Waals surface area contributed by atoms with Crippen molar-refractivity contribution in [3.63, 3.8) is 0 Å². The molecule has 2 aromatic heterocycles. The summed E-state index contributed by atoms with van der Waals surface area (Å²) in [6.07, 6.45) is 1.48. The number of aromatic nitrogens is 1. The standard InChI is InChI=1S/C12H9N3O4S2/c16-10-9(12(17)14-8-3-1-2-5-13-8)15-21(18,19)7-4-6-20-11(7)10/h1-6,15-16H,(H,13,14,17). The van der Waals surface area contributed by atoms with E-state index in [2.05, 4.69) is 15.0 Å². The van der Waals surface area contributed by atoms with Crippen LogP contribution in [0.1, 0.15) is 4.88 Å². The lowest BCUT2D eigenvalue weighted by Crippen LogP contribution is -2.35. The number of rotatable bonds is 2. The number of amides is 1. The first-order chi connectivity index (χ1) is 9.99. The maximum absolute atomic E-state index is 12.1. The van der Waals surface area contributed by atoms with Gasteiger partial charge in [-0.3, -0.25) is 9.52 Å². The van der Waals surface area contributed by atoms with Gasteiger partial charge in [-0.25, -0.2) is 13.4 Å². The Kier molecular flexibility index (Phi) is 3.15. The largest absolute Gasteiger partial charge is 0.504 e. The zero-order chi connectivity index (χ0) is 15.0. The second-order valence-corrected chi connectivity index (χ2v) is 6.68. The number of aliphatic hydroxyl groups is 1. The molecule has 0 saturated heterocycles. The lowest BCUT2D eigenvalue weighted by atomic mass is 10.3. The van der Waals surface area contributed by atoms with Crippen LogP contribution >= 0.6 is 11.3 Å². The van der Waals surface area contributed by atoms with Crippen LogP contribution in [0.5, 0.6) is 0 Å². The van der Waals surface area contributed by atoms with E-state index in [-0.39, 0.29) is 15.6 Å². The minimum Gasteiger partial charge on any atom is -0.504 e. The van der Waals surface area contributed by atoms with Crippen molar-refractivity contribution in [3.05, 3.63) is 46.4 Å². The molecule has 2 aromatic rings. The number of carbonyl (C=O) groups excluding carboxylic acids is 1. The van der Waals surface area contributed by atoms with Crippen LogP contribution in [0.3, 0.4) is 0 Å². The fourth-order valence-corrected chi connectivity index (χ4v) is 4.26. The molecule has 3 N–H and O–H groups in total. The average molecular weight is 323 g/mol. The highest BCUT2D eigenvalue weighted by molar-refractivity contribution is 7.90. The van der Waals surface area contributed by atoms with E-state index in [1.807, 2.05) is 0 Å². The maximum atomic E-state index is 12.1. The summed E-state index contributed by atoms with van der Waals surface area (Å²) >= 11 is 1.04. The van der Waals surface area contributed by atoms with Gasteiger partial charge in [0.25, 0.3) is 15.9 Å². The molecule has 0 spiro atoms. The van der Waals surface area contributed by atoms with Crippen LogP contribution in [-0.2, 0) is 14.8 Å². The Morgan fingerprint density at radius 3 is 2.86 bits per heavy atom. The predicted molar refractivity (Wildman–Crippen MR) is 77.1 cm³/mol. The van der Waals surface area contributed by atoms with Gasteiger partial charge in [-0.2, -0.15) is 0 Å². The Hall–Kier alpha value is -2.39. The number of fused-ring (bicyclic) bond motifs is 1. The smallest absolute Gasteiger partial charge is 0.277 e. The van der Waals surface area contributed by atoms with Crippen LogP contribution in [0.2, 0.25) is 0 Å². The van der Waals surface area contributed by atoms with Gasteiger partial charge in [0.15, 0.2) is 11.5 Å². The van der Waals surface area contributed by atoms with Gasteiger partial charge in [0.1, 0.15) is 10.7 Å². The maximum Gasteiger partial charge on any atom is 0.277 e. The van der Waals surface area contributed by atoms with Crippen molar-refractivity contribution < 1.29 is 18.3 Å². The fraction of sp³-hybridized carbons (Fsp3) is 0. The molecule has 0 radical (unpaired) electrons. The number of thiophene rings is 1. The zero-order valence-electron chi connectivity index (χ0n) is 10.4. The highest BCUT2D eigenvalue weighted by Gasteiger charge is 2.33. The van der Waals surface area contributed by atoms with Crippen molar-refractivity contribution in [1.29, 1.82) is 0 Å². The summed E-state index contributed by atoms with van der Waals surface area (Å²) in [6, 6.07) is 6.25. The average Bonchev–Trinajstić information content (AvgIpc) is 2.95.